The molecule has 1 aromatic heterocycles. The Kier molecular flexibility index (Phi) is 2.47. The van der Waals surface area contributed by atoms with Crippen LogP contribution in [-0.2, 0) is 15.4 Å². The monoisotopic (exact) mass is 228 g/mol. The molecule has 0 aromatic carbocycles. The highest BCUT2D eigenvalue weighted by Crippen LogP contribution is 2.30. The van der Waals surface area contributed by atoms with Crippen LogP contribution in [-0.4, -0.2) is 35.0 Å². The Morgan fingerprint density at radius 3 is 2.87 bits per heavy atom. The van der Waals surface area contributed by atoms with Crippen LogP contribution in [0.4, 0.5) is 0 Å². The van der Waals surface area contributed by atoms with Crippen LogP contribution in [0.5, 0.6) is 0 Å². The van der Waals surface area contributed by atoms with Crippen LogP contribution in [0.2, 0.25) is 0 Å². The van der Waals surface area contributed by atoms with Crippen molar-refractivity contribution in [2.45, 2.75) is 18.4 Å². The highest BCUT2D eigenvalue weighted by Gasteiger charge is 2.39. The zero-order valence-electron chi connectivity index (χ0n) is 8.13. The summed E-state index contributed by atoms with van der Waals surface area (Å²) in [7, 11) is -3.15. The molecular formula is C9H12N2O3S. The van der Waals surface area contributed by atoms with Crippen LogP contribution in [0.25, 0.3) is 0 Å². The van der Waals surface area contributed by atoms with Crippen molar-refractivity contribution in [3.63, 3.8) is 0 Å². The molecular weight excluding hydrogens is 216 g/mol. The standard InChI is InChI=1S/C9H12N2O3S/c12-9(8-2-4-10-7-11-8)3-1-5-15(13,14)6-9/h2,4,7,12H,1,3,5-6H2. The molecule has 1 atom stereocenters. The molecule has 1 aliphatic heterocycles. The predicted molar refractivity (Wildman–Crippen MR) is 53.8 cm³/mol. The van der Waals surface area contributed by atoms with Gasteiger partial charge in [-0.15, -0.1) is 0 Å². The van der Waals surface area contributed by atoms with Crippen molar-refractivity contribution in [1.82, 2.24) is 9.97 Å². The van der Waals surface area contributed by atoms with Crippen molar-refractivity contribution in [1.29, 1.82) is 0 Å². The molecule has 0 aliphatic carbocycles. The lowest BCUT2D eigenvalue weighted by atomic mass is 9.96. The first kappa shape index (κ1) is 10.5. The lowest BCUT2D eigenvalue weighted by Gasteiger charge is -2.30. The molecule has 0 bridgehead atoms. The lowest BCUT2D eigenvalue weighted by molar-refractivity contribution is 0.0421. The summed E-state index contributed by atoms with van der Waals surface area (Å²) < 4.78 is 22.9. The second-order valence-electron chi connectivity index (χ2n) is 3.82. The van der Waals surface area contributed by atoms with Crippen LogP contribution in [0.1, 0.15) is 18.5 Å². The summed E-state index contributed by atoms with van der Waals surface area (Å²) in [5, 5.41) is 10.2. The number of hydrogen-bond donors (Lipinski definition) is 1. The van der Waals surface area contributed by atoms with Gasteiger partial charge < -0.3 is 5.11 Å². The molecule has 0 amide bonds. The van der Waals surface area contributed by atoms with Gasteiger partial charge in [-0.1, -0.05) is 0 Å². The van der Waals surface area contributed by atoms with Crippen LogP contribution in [0, 0.1) is 0 Å². The fraction of sp³-hybridized carbons (Fsp3) is 0.556. The zero-order valence-corrected chi connectivity index (χ0v) is 8.94. The number of aromatic nitrogens is 2. The van der Waals surface area contributed by atoms with Crippen LogP contribution >= 0.6 is 0 Å². The van der Waals surface area contributed by atoms with Gasteiger partial charge in [-0.25, -0.2) is 18.4 Å². The largest absolute Gasteiger partial charge is 0.382 e. The first-order valence-corrected chi connectivity index (χ1v) is 6.53. The van der Waals surface area contributed by atoms with E-state index in [1.165, 1.54) is 12.5 Å². The Labute approximate surface area is 88.1 Å². The van der Waals surface area contributed by atoms with Crippen LogP contribution in [0.15, 0.2) is 18.6 Å². The van der Waals surface area contributed by atoms with Gasteiger partial charge in [0.05, 0.1) is 17.2 Å². The lowest BCUT2D eigenvalue weighted by Crippen LogP contribution is -2.40. The Bertz CT molecular complexity index is 446. The molecule has 0 saturated carbocycles. The molecule has 1 fully saturated rings. The number of rotatable bonds is 1. The first-order valence-electron chi connectivity index (χ1n) is 4.71. The molecule has 2 rings (SSSR count). The SMILES string of the molecule is O=S1(=O)CCCC(O)(c2ccncn2)C1. The summed E-state index contributed by atoms with van der Waals surface area (Å²) in [6.07, 6.45) is 3.72. The molecule has 82 valence electrons. The van der Waals surface area contributed by atoms with Crippen molar-refractivity contribution >= 4 is 9.84 Å². The second-order valence-corrected chi connectivity index (χ2v) is 6.01. The van der Waals surface area contributed by atoms with E-state index >= 15 is 0 Å². The minimum Gasteiger partial charge on any atom is -0.382 e. The quantitative estimate of drug-likeness (QED) is 0.724. The van der Waals surface area contributed by atoms with Crippen molar-refractivity contribution in [2.24, 2.45) is 0 Å². The molecule has 6 heteroatoms. The number of hydrogen-bond acceptors (Lipinski definition) is 5. The molecule has 0 radical (unpaired) electrons. The van der Waals surface area contributed by atoms with Gasteiger partial charge in [0.2, 0.25) is 0 Å². The van der Waals surface area contributed by atoms with Gasteiger partial charge in [-0.3, -0.25) is 0 Å². The maximum Gasteiger partial charge on any atom is 0.153 e. The van der Waals surface area contributed by atoms with E-state index in [0.717, 1.165) is 0 Å². The van der Waals surface area contributed by atoms with E-state index in [2.05, 4.69) is 9.97 Å². The van der Waals surface area contributed by atoms with Crippen molar-refractivity contribution in [3.8, 4) is 0 Å². The fourth-order valence-electron chi connectivity index (χ4n) is 1.86. The summed E-state index contributed by atoms with van der Waals surface area (Å²) >= 11 is 0. The van der Waals surface area contributed by atoms with E-state index in [1.54, 1.807) is 6.07 Å². The van der Waals surface area contributed by atoms with E-state index in [0.29, 0.717) is 18.5 Å². The third-order valence-electron chi connectivity index (χ3n) is 2.56. The summed E-state index contributed by atoms with van der Waals surface area (Å²) in [6.45, 7) is 0. The van der Waals surface area contributed by atoms with Crippen LogP contribution < -0.4 is 0 Å². The van der Waals surface area contributed by atoms with Gasteiger partial charge in [0.25, 0.3) is 0 Å². The summed E-state index contributed by atoms with van der Waals surface area (Å²) in [5.41, 5.74) is -0.944. The van der Waals surface area contributed by atoms with Gasteiger partial charge in [0, 0.05) is 6.20 Å². The van der Waals surface area contributed by atoms with E-state index in [1.807, 2.05) is 0 Å². The van der Waals surface area contributed by atoms with Gasteiger partial charge in [-0.2, -0.15) is 0 Å². The third kappa shape index (κ3) is 2.15. The average molecular weight is 228 g/mol. The van der Waals surface area contributed by atoms with Gasteiger partial charge >= 0.3 is 0 Å². The Morgan fingerprint density at radius 1 is 1.47 bits per heavy atom. The van der Waals surface area contributed by atoms with Gasteiger partial charge in [0.15, 0.2) is 9.84 Å². The maximum absolute atomic E-state index is 11.4. The molecule has 2 heterocycles. The smallest absolute Gasteiger partial charge is 0.153 e. The molecule has 1 aliphatic rings. The third-order valence-corrected chi connectivity index (χ3v) is 4.39. The van der Waals surface area contributed by atoms with Gasteiger partial charge in [-0.05, 0) is 18.9 Å². The fourth-order valence-corrected chi connectivity index (χ4v) is 3.61. The molecule has 5 nitrogen and oxygen atoms in total. The normalized spacial score (nSPS) is 29.9. The molecule has 0 spiro atoms. The topological polar surface area (TPSA) is 80.2 Å². The molecule has 1 N–H and O–H groups in total. The number of nitrogens with zero attached hydrogens (tertiary/aromatic N) is 2. The molecule has 1 aromatic rings. The van der Waals surface area contributed by atoms with E-state index < -0.39 is 15.4 Å². The van der Waals surface area contributed by atoms with Crippen molar-refractivity contribution < 1.29 is 13.5 Å². The first-order chi connectivity index (χ1) is 7.02. The minimum atomic E-state index is -3.15. The summed E-state index contributed by atoms with van der Waals surface area (Å²) in [4.78, 5) is 7.65. The van der Waals surface area contributed by atoms with E-state index in [-0.39, 0.29) is 11.5 Å². The average Bonchev–Trinajstić information content (AvgIpc) is 2.17. The highest BCUT2D eigenvalue weighted by atomic mass is 32.2. The van der Waals surface area contributed by atoms with Crippen LogP contribution in [0.3, 0.4) is 0 Å². The number of aliphatic hydroxyl groups is 1. The Hall–Kier alpha value is -1.01. The van der Waals surface area contributed by atoms with Crippen molar-refractivity contribution in [3.05, 3.63) is 24.3 Å². The second kappa shape index (κ2) is 3.53. The summed E-state index contributed by atoms with van der Waals surface area (Å²) in [6, 6.07) is 1.56. The maximum atomic E-state index is 11.4. The van der Waals surface area contributed by atoms with E-state index in [4.69, 9.17) is 0 Å². The molecule has 1 saturated heterocycles. The zero-order chi connectivity index (χ0) is 10.9. The summed E-state index contributed by atoms with van der Waals surface area (Å²) in [5.74, 6) is -0.0859. The predicted octanol–water partition coefficient (Wildman–Crippen LogP) is -0.127. The molecule has 15 heavy (non-hydrogen) atoms. The van der Waals surface area contributed by atoms with Gasteiger partial charge in [0.1, 0.15) is 11.9 Å². The Morgan fingerprint density at radius 2 is 2.27 bits per heavy atom. The number of sulfone groups is 1. The van der Waals surface area contributed by atoms with E-state index in [9.17, 15) is 13.5 Å². The minimum absolute atomic E-state index is 0.153. The van der Waals surface area contributed by atoms with Crippen molar-refractivity contribution in [2.75, 3.05) is 11.5 Å². The Balaban J connectivity index is 2.35. The highest BCUT2D eigenvalue weighted by molar-refractivity contribution is 7.91. The molecule has 1 unspecified atom stereocenters.